The molecule has 0 saturated heterocycles. The van der Waals surface area contributed by atoms with Crippen LogP contribution < -0.4 is 0 Å². The number of carbonyl (C=O) groups excluding carboxylic acids is 1. The summed E-state index contributed by atoms with van der Waals surface area (Å²) in [6.45, 7) is 1.79. The van der Waals surface area contributed by atoms with E-state index in [0.717, 1.165) is 22.0 Å². The Morgan fingerprint density at radius 2 is 2.00 bits per heavy atom. The largest absolute Gasteiger partial charge is 0.385 e. The molecule has 0 fully saturated rings. The first kappa shape index (κ1) is 14.5. The normalized spacial score (nSPS) is 17.9. The summed E-state index contributed by atoms with van der Waals surface area (Å²) in [5, 5.41) is 0. The summed E-state index contributed by atoms with van der Waals surface area (Å²) in [4.78, 5) is 14.3. The van der Waals surface area contributed by atoms with E-state index in [4.69, 9.17) is 9.47 Å². The maximum absolute atomic E-state index is 12.4. The highest BCUT2D eigenvalue weighted by atomic mass is 79.9. The van der Waals surface area contributed by atoms with Gasteiger partial charge in [0.25, 0.3) is 5.91 Å². The Kier molecular flexibility index (Phi) is 4.96. The molecule has 1 aliphatic heterocycles. The average Bonchev–Trinajstić information content (AvgIpc) is 2.66. The van der Waals surface area contributed by atoms with Gasteiger partial charge in [-0.25, -0.2) is 0 Å². The summed E-state index contributed by atoms with van der Waals surface area (Å²) in [6, 6.07) is 5.98. The molecule has 1 heterocycles. The third kappa shape index (κ3) is 2.99. The molecule has 1 amide bonds. The third-order valence-corrected chi connectivity index (χ3v) is 3.87. The van der Waals surface area contributed by atoms with Gasteiger partial charge in [0.2, 0.25) is 0 Å². The van der Waals surface area contributed by atoms with E-state index >= 15 is 0 Å². The van der Waals surface area contributed by atoms with Crippen molar-refractivity contribution in [3.8, 4) is 0 Å². The first-order valence-corrected chi connectivity index (χ1v) is 7.06. The number of amides is 1. The van der Waals surface area contributed by atoms with Gasteiger partial charge in [-0.05, 0) is 24.1 Å². The van der Waals surface area contributed by atoms with Gasteiger partial charge in [-0.15, -0.1) is 0 Å². The molecule has 0 saturated carbocycles. The maximum atomic E-state index is 12.4. The van der Waals surface area contributed by atoms with Crippen molar-refractivity contribution >= 4 is 21.8 Å². The summed E-state index contributed by atoms with van der Waals surface area (Å²) in [6.07, 6.45) is 0.806. The number of benzene rings is 1. The van der Waals surface area contributed by atoms with Crippen LogP contribution >= 0.6 is 15.9 Å². The predicted octanol–water partition coefficient (Wildman–Crippen LogP) is 2.63. The number of ether oxygens (including phenoxy) is 2. The highest BCUT2D eigenvalue weighted by Crippen LogP contribution is 2.36. The van der Waals surface area contributed by atoms with Gasteiger partial charge in [-0.2, -0.15) is 0 Å². The van der Waals surface area contributed by atoms with Gasteiger partial charge in [-0.3, -0.25) is 4.79 Å². The fraction of sp³-hybridized carbons (Fsp3) is 0.500. The highest BCUT2D eigenvalue weighted by molar-refractivity contribution is 9.10. The summed E-state index contributed by atoms with van der Waals surface area (Å²) >= 11 is 3.42. The lowest BCUT2D eigenvalue weighted by Crippen LogP contribution is -2.31. The summed E-state index contributed by atoms with van der Waals surface area (Å²) in [5.74, 6) is 0.0782. The first-order valence-electron chi connectivity index (χ1n) is 6.27. The number of halogens is 1. The zero-order valence-electron chi connectivity index (χ0n) is 11.2. The van der Waals surface area contributed by atoms with Gasteiger partial charge < -0.3 is 14.4 Å². The van der Waals surface area contributed by atoms with Crippen molar-refractivity contribution in [3.63, 3.8) is 0 Å². The van der Waals surface area contributed by atoms with Crippen LogP contribution in [0, 0.1) is 0 Å². The third-order valence-electron chi connectivity index (χ3n) is 3.37. The SMILES string of the molecule is COCCC1c2ccc(Br)cc2C(=O)N1CCOC. The van der Waals surface area contributed by atoms with Crippen LogP contribution in [-0.4, -0.2) is 44.8 Å². The Balaban J connectivity index is 2.27. The van der Waals surface area contributed by atoms with Crippen molar-refractivity contribution in [1.29, 1.82) is 0 Å². The average molecular weight is 328 g/mol. The van der Waals surface area contributed by atoms with Crippen molar-refractivity contribution in [3.05, 3.63) is 33.8 Å². The van der Waals surface area contributed by atoms with Crippen molar-refractivity contribution in [2.24, 2.45) is 0 Å². The monoisotopic (exact) mass is 327 g/mol. The summed E-state index contributed by atoms with van der Waals surface area (Å²) in [7, 11) is 3.33. The quantitative estimate of drug-likeness (QED) is 0.806. The lowest BCUT2D eigenvalue weighted by Gasteiger charge is -2.24. The van der Waals surface area contributed by atoms with Crippen LogP contribution in [0.2, 0.25) is 0 Å². The highest BCUT2D eigenvalue weighted by Gasteiger charge is 2.35. The molecule has 2 rings (SSSR count). The number of nitrogens with zero attached hydrogens (tertiary/aromatic N) is 1. The molecule has 1 aliphatic rings. The van der Waals surface area contributed by atoms with E-state index in [1.165, 1.54) is 0 Å². The molecule has 19 heavy (non-hydrogen) atoms. The van der Waals surface area contributed by atoms with Crippen LogP contribution in [0.4, 0.5) is 0 Å². The van der Waals surface area contributed by atoms with Crippen LogP contribution in [-0.2, 0) is 9.47 Å². The van der Waals surface area contributed by atoms with Crippen molar-refractivity contribution in [2.45, 2.75) is 12.5 Å². The number of hydrogen-bond acceptors (Lipinski definition) is 3. The molecule has 0 aromatic heterocycles. The van der Waals surface area contributed by atoms with Crippen LogP contribution in [0.5, 0.6) is 0 Å². The molecular weight excluding hydrogens is 310 g/mol. The van der Waals surface area contributed by atoms with Crippen LogP contribution in [0.3, 0.4) is 0 Å². The molecule has 1 aromatic rings. The van der Waals surface area contributed by atoms with Crippen LogP contribution in [0.1, 0.15) is 28.4 Å². The van der Waals surface area contributed by atoms with Crippen molar-refractivity contribution in [2.75, 3.05) is 34.0 Å². The molecule has 0 aliphatic carbocycles. The molecule has 0 bridgehead atoms. The van der Waals surface area contributed by atoms with Crippen LogP contribution in [0.25, 0.3) is 0 Å². The number of carbonyl (C=O) groups is 1. The van der Waals surface area contributed by atoms with Gasteiger partial charge in [-0.1, -0.05) is 22.0 Å². The Morgan fingerprint density at radius 3 is 2.68 bits per heavy atom. The number of rotatable bonds is 6. The molecule has 0 spiro atoms. The standard InChI is InChI=1S/C14H18BrNO3/c1-18-7-5-13-11-4-3-10(15)9-12(11)14(17)16(13)6-8-19-2/h3-4,9,13H,5-8H2,1-2H3. The molecule has 1 aromatic carbocycles. The minimum Gasteiger partial charge on any atom is -0.385 e. The van der Waals surface area contributed by atoms with Crippen LogP contribution in [0.15, 0.2) is 22.7 Å². The Labute approximate surface area is 121 Å². The Morgan fingerprint density at radius 1 is 1.26 bits per heavy atom. The van der Waals surface area contributed by atoms with Crippen molar-refractivity contribution < 1.29 is 14.3 Å². The number of fused-ring (bicyclic) bond motifs is 1. The van der Waals surface area contributed by atoms with Gasteiger partial charge in [0.05, 0.1) is 12.6 Å². The molecular formula is C14H18BrNO3. The van der Waals surface area contributed by atoms with E-state index in [-0.39, 0.29) is 11.9 Å². The van der Waals surface area contributed by atoms with E-state index in [2.05, 4.69) is 15.9 Å². The zero-order chi connectivity index (χ0) is 13.8. The predicted molar refractivity (Wildman–Crippen MR) is 76.3 cm³/mol. The molecule has 5 heteroatoms. The molecule has 104 valence electrons. The lowest BCUT2D eigenvalue weighted by molar-refractivity contribution is 0.0607. The lowest BCUT2D eigenvalue weighted by atomic mass is 10.0. The Hall–Kier alpha value is -0.910. The summed E-state index contributed by atoms with van der Waals surface area (Å²) in [5.41, 5.74) is 1.87. The molecule has 1 unspecified atom stereocenters. The molecule has 0 radical (unpaired) electrons. The van der Waals surface area contributed by atoms with E-state index in [1.807, 2.05) is 23.1 Å². The van der Waals surface area contributed by atoms with Gasteiger partial charge in [0, 0.05) is 37.4 Å². The smallest absolute Gasteiger partial charge is 0.254 e. The zero-order valence-corrected chi connectivity index (χ0v) is 12.8. The fourth-order valence-electron chi connectivity index (χ4n) is 2.46. The number of hydrogen-bond donors (Lipinski definition) is 0. The number of methoxy groups -OCH3 is 2. The van der Waals surface area contributed by atoms with Crippen molar-refractivity contribution in [1.82, 2.24) is 4.90 Å². The topological polar surface area (TPSA) is 38.8 Å². The van der Waals surface area contributed by atoms with Gasteiger partial charge in [0.1, 0.15) is 0 Å². The molecule has 0 N–H and O–H groups in total. The fourth-order valence-corrected chi connectivity index (χ4v) is 2.82. The second-order valence-electron chi connectivity index (χ2n) is 4.52. The minimum atomic E-state index is 0.0782. The summed E-state index contributed by atoms with van der Waals surface area (Å²) < 4.78 is 11.2. The maximum Gasteiger partial charge on any atom is 0.254 e. The Bertz CT molecular complexity index is 464. The minimum absolute atomic E-state index is 0.0782. The second-order valence-corrected chi connectivity index (χ2v) is 5.44. The van der Waals surface area contributed by atoms with E-state index < -0.39 is 0 Å². The van der Waals surface area contributed by atoms with E-state index in [0.29, 0.717) is 19.8 Å². The van der Waals surface area contributed by atoms with E-state index in [1.54, 1.807) is 14.2 Å². The second kappa shape index (κ2) is 6.50. The molecule has 4 nitrogen and oxygen atoms in total. The van der Waals surface area contributed by atoms with Gasteiger partial charge >= 0.3 is 0 Å². The first-order chi connectivity index (χ1) is 9.19. The molecule has 1 atom stereocenters. The van der Waals surface area contributed by atoms with E-state index in [9.17, 15) is 4.79 Å². The van der Waals surface area contributed by atoms with Gasteiger partial charge in [0.15, 0.2) is 0 Å².